The van der Waals surface area contributed by atoms with Crippen LogP contribution in [0.15, 0.2) is 29.2 Å². The predicted molar refractivity (Wildman–Crippen MR) is 83.2 cm³/mol. The fourth-order valence-electron chi connectivity index (χ4n) is 2.53. The molecule has 1 N–H and O–H groups in total. The summed E-state index contributed by atoms with van der Waals surface area (Å²) in [5, 5.41) is 3.60. The van der Waals surface area contributed by atoms with Gasteiger partial charge in [0.25, 0.3) is 0 Å². The fourth-order valence-corrected chi connectivity index (χ4v) is 3.61. The lowest BCUT2D eigenvalue weighted by Gasteiger charge is -2.32. The van der Waals surface area contributed by atoms with Gasteiger partial charge in [0.2, 0.25) is 0 Å². The maximum atomic E-state index is 6.19. The van der Waals surface area contributed by atoms with E-state index in [2.05, 4.69) is 43.4 Å². The standard InChI is InChI=1S/C16H25NOS/c1-3-5-6-9-13(17-4-2)15-12-19-16-11-8-7-10-14(16)18-15/h7-8,10-11,13,15,17H,3-6,9,12H2,1-2H3. The monoisotopic (exact) mass is 279 g/mol. The van der Waals surface area contributed by atoms with Gasteiger partial charge in [0.15, 0.2) is 0 Å². The second-order valence-electron chi connectivity index (χ2n) is 5.07. The Labute approximate surface area is 121 Å². The van der Waals surface area contributed by atoms with Crippen molar-refractivity contribution < 1.29 is 4.74 Å². The van der Waals surface area contributed by atoms with Crippen LogP contribution in [0.2, 0.25) is 0 Å². The van der Waals surface area contributed by atoms with Crippen LogP contribution in [0.25, 0.3) is 0 Å². The average molecular weight is 279 g/mol. The van der Waals surface area contributed by atoms with Crippen LogP contribution in [0.3, 0.4) is 0 Å². The van der Waals surface area contributed by atoms with E-state index in [-0.39, 0.29) is 0 Å². The van der Waals surface area contributed by atoms with Gasteiger partial charge in [-0.25, -0.2) is 0 Å². The first kappa shape index (κ1) is 14.7. The maximum Gasteiger partial charge on any atom is 0.133 e. The fraction of sp³-hybridized carbons (Fsp3) is 0.625. The Bertz CT molecular complexity index is 383. The first-order valence-corrected chi connectivity index (χ1v) is 8.45. The average Bonchev–Trinajstić information content (AvgIpc) is 2.46. The number of para-hydroxylation sites is 1. The molecule has 0 saturated carbocycles. The molecule has 3 heteroatoms. The number of thioether (sulfide) groups is 1. The third-order valence-electron chi connectivity index (χ3n) is 3.56. The molecule has 1 aliphatic heterocycles. The van der Waals surface area contributed by atoms with E-state index in [1.54, 1.807) is 0 Å². The van der Waals surface area contributed by atoms with Gasteiger partial charge < -0.3 is 10.1 Å². The van der Waals surface area contributed by atoms with Gasteiger partial charge in [-0.2, -0.15) is 0 Å². The normalized spacial score (nSPS) is 19.6. The second kappa shape index (κ2) is 7.81. The molecule has 1 aromatic rings. The van der Waals surface area contributed by atoms with Crippen LogP contribution in [0.1, 0.15) is 39.5 Å². The molecule has 0 aliphatic carbocycles. The quantitative estimate of drug-likeness (QED) is 0.759. The Balaban J connectivity index is 1.95. The Morgan fingerprint density at radius 2 is 2.16 bits per heavy atom. The summed E-state index contributed by atoms with van der Waals surface area (Å²) >= 11 is 1.93. The minimum absolute atomic E-state index is 0.303. The second-order valence-corrected chi connectivity index (χ2v) is 6.14. The Morgan fingerprint density at radius 3 is 2.95 bits per heavy atom. The Hall–Kier alpha value is -0.670. The molecule has 2 unspecified atom stereocenters. The molecule has 0 aromatic heterocycles. The van der Waals surface area contributed by atoms with Gasteiger partial charge in [-0.15, -0.1) is 11.8 Å². The highest BCUT2D eigenvalue weighted by molar-refractivity contribution is 7.99. The SMILES string of the molecule is CCCCCC(NCC)C1CSc2ccccc2O1. The third kappa shape index (κ3) is 4.15. The Kier molecular flexibility index (Phi) is 6.05. The van der Waals surface area contributed by atoms with Crippen molar-refractivity contribution in [1.29, 1.82) is 0 Å². The molecule has 1 heterocycles. The van der Waals surface area contributed by atoms with E-state index >= 15 is 0 Å². The van der Waals surface area contributed by atoms with Crippen LogP contribution in [-0.4, -0.2) is 24.4 Å². The van der Waals surface area contributed by atoms with Crippen molar-refractivity contribution in [1.82, 2.24) is 5.32 Å². The van der Waals surface area contributed by atoms with Crippen molar-refractivity contribution in [3.63, 3.8) is 0 Å². The number of hydrogen-bond donors (Lipinski definition) is 1. The van der Waals surface area contributed by atoms with E-state index in [1.165, 1.54) is 30.6 Å². The van der Waals surface area contributed by atoms with E-state index < -0.39 is 0 Å². The number of ether oxygens (including phenoxy) is 1. The van der Waals surface area contributed by atoms with Crippen LogP contribution in [-0.2, 0) is 0 Å². The van der Waals surface area contributed by atoms with Crippen molar-refractivity contribution in [3.05, 3.63) is 24.3 Å². The smallest absolute Gasteiger partial charge is 0.133 e. The molecule has 1 aromatic carbocycles. The zero-order chi connectivity index (χ0) is 13.5. The van der Waals surface area contributed by atoms with Crippen LogP contribution < -0.4 is 10.1 Å². The zero-order valence-corrected chi connectivity index (χ0v) is 12.8. The van der Waals surface area contributed by atoms with E-state index in [9.17, 15) is 0 Å². The highest BCUT2D eigenvalue weighted by Gasteiger charge is 2.27. The molecular formula is C16H25NOS. The first-order chi connectivity index (χ1) is 9.35. The number of likely N-dealkylation sites (N-methyl/N-ethyl adjacent to an activating group) is 1. The molecular weight excluding hydrogens is 254 g/mol. The summed E-state index contributed by atoms with van der Waals surface area (Å²) in [6.07, 6.45) is 5.41. The van der Waals surface area contributed by atoms with E-state index in [0.29, 0.717) is 12.1 Å². The number of unbranched alkanes of at least 4 members (excludes halogenated alkanes) is 2. The lowest BCUT2D eigenvalue weighted by molar-refractivity contribution is 0.160. The molecule has 0 bridgehead atoms. The maximum absolute atomic E-state index is 6.19. The van der Waals surface area contributed by atoms with Crippen molar-refractivity contribution >= 4 is 11.8 Å². The van der Waals surface area contributed by atoms with Gasteiger partial charge in [0, 0.05) is 16.7 Å². The number of rotatable bonds is 7. The first-order valence-electron chi connectivity index (χ1n) is 7.47. The molecule has 0 saturated heterocycles. The molecule has 19 heavy (non-hydrogen) atoms. The van der Waals surface area contributed by atoms with Gasteiger partial charge in [0.05, 0.1) is 0 Å². The van der Waals surface area contributed by atoms with E-state index in [1.807, 2.05) is 11.8 Å². The molecule has 106 valence electrons. The summed E-state index contributed by atoms with van der Waals surface area (Å²) in [6, 6.07) is 8.86. The summed E-state index contributed by atoms with van der Waals surface area (Å²) in [7, 11) is 0. The van der Waals surface area contributed by atoms with Gasteiger partial charge >= 0.3 is 0 Å². The molecule has 1 aliphatic rings. The van der Waals surface area contributed by atoms with E-state index in [4.69, 9.17) is 4.74 Å². The highest BCUT2D eigenvalue weighted by Crippen LogP contribution is 2.36. The summed E-state index contributed by atoms with van der Waals surface area (Å²) in [5.74, 6) is 2.11. The van der Waals surface area contributed by atoms with Crippen LogP contribution in [0, 0.1) is 0 Å². The van der Waals surface area contributed by atoms with Crippen LogP contribution in [0.4, 0.5) is 0 Å². The third-order valence-corrected chi connectivity index (χ3v) is 4.71. The largest absolute Gasteiger partial charge is 0.487 e. The summed E-state index contributed by atoms with van der Waals surface area (Å²) < 4.78 is 6.19. The van der Waals surface area contributed by atoms with Crippen molar-refractivity contribution in [2.24, 2.45) is 0 Å². The lowest BCUT2D eigenvalue weighted by Crippen LogP contribution is -2.45. The minimum Gasteiger partial charge on any atom is -0.487 e. The van der Waals surface area contributed by atoms with Crippen molar-refractivity contribution in [3.8, 4) is 5.75 Å². The number of benzene rings is 1. The van der Waals surface area contributed by atoms with Gasteiger partial charge in [0.1, 0.15) is 11.9 Å². The van der Waals surface area contributed by atoms with E-state index in [0.717, 1.165) is 18.0 Å². The molecule has 0 amide bonds. The summed E-state index contributed by atoms with van der Waals surface area (Å²) in [5.41, 5.74) is 0. The number of nitrogens with one attached hydrogen (secondary N) is 1. The summed E-state index contributed by atoms with van der Waals surface area (Å²) in [4.78, 5) is 1.28. The number of hydrogen-bond acceptors (Lipinski definition) is 3. The van der Waals surface area contributed by atoms with Crippen LogP contribution >= 0.6 is 11.8 Å². The summed E-state index contributed by atoms with van der Waals surface area (Å²) in [6.45, 7) is 5.45. The molecule has 0 fully saturated rings. The molecule has 0 radical (unpaired) electrons. The molecule has 2 nitrogen and oxygen atoms in total. The number of fused-ring (bicyclic) bond motifs is 1. The van der Waals surface area contributed by atoms with Crippen molar-refractivity contribution in [2.75, 3.05) is 12.3 Å². The van der Waals surface area contributed by atoms with Gasteiger partial charge in [-0.1, -0.05) is 45.2 Å². The zero-order valence-electron chi connectivity index (χ0n) is 12.0. The molecule has 0 spiro atoms. The van der Waals surface area contributed by atoms with Crippen molar-refractivity contribution in [2.45, 2.75) is 56.6 Å². The lowest BCUT2D eigenvalue weighted by atomic mass is 10.0. The van der Waals surface area contributed by atoms with Gasteiger partial charge in [-0.05, 0) is 25.1 Å². The molecule has 2 atom stereocenters. The van der Waals surface area contributed by atoms with Gasteiger partial charge in [-0.3, -0.25) is 0 Å². The minimum atomic E-state index is 0.303. The predicted octanol–water partition coefficient (Wildman–Crippen LogP) is 4.10. The Morgan fingerprint density at radius 1 is 1.32 bits per heavy atom. The van der Waals surface area contributed by atoms with Crippen LogP contribution in [0.5, 0.6) is 5.75 Å². The topological polar surface area (TPSA) is 21.3 Å². The molecule has 2 rings (SSSR count). The highest BCUT2D eigenvalue weighted by atomic mass is 32.2.